The maximum atomic E-state index is 10.6. The molecule has 1 aliphatic heterocycles. The molecule has 0 saturated carbocycles. The number of hydrogen-bond acceptors (Lipinski definition) is 3. The Morgan fingerprint density at radius 3 is 2.50 bits per heavy atom. The van der Waals surface area contributed by atoms with E-state index in [2.05, 4.69) is 4.74 Å². The second-order valence-corrected chi connectivity index (χ2v) is 2.14. The highest BCUT2D eigenvalue weighted by atomic mass is 35.5. The predicted molar refractivity (Wildman–Crippen MR) is 39.2 cm³/mol. The molecule has 0 atom stereocenters. The van der Waals surface area contributed by atoms with Crippen molar-refractivity contribution >= 4 is 18.5 Å². The van der Waals surface area contributed by atoms with Crippen molar-refractivity contribution in [2.24, 2.45) is 5.73 Å². The molecule has 0 aliphatic carbocycles. The summed E-state index contributed by atoms with van der Waals surface area (Å²) < 4.78 is 4.43. The quantitative estimate of drug-likeness (QED) is 0.543. The fourth-order valence-electron chi connectivity index (χ4n) is 0.791. The van der Waals surface area contributed by atoms with Gasteiger partial charge < -0.3 is 15.4 Å². The minimum absolute atomic E-state index is 0. The zero-order valence-electron chi connectivity index (χ0n) is 5.74. The van der Waals surface area contributed by atoms with E-state index >= 15 is 0 Å². The first-order chi connectivity index (χ1) is 4.24. The summed E-state index contributed by atoms with van der Waals surface area (Å²) >= 11 is 0. The van der Waals surface area contributed by atoms with Crippen LogP contribution in [0.15, 0.2) is 0 Å². The topological polar surface area (TPSA) is 55.6 Å². The summed E-state index contributed by atoms with van der Waals surface area (Å²) in [6.45, 7) is 1.26. The van der Waals surface area contributed by atoms with E-state index in [0.717, 1.165) is 0 Å². The summed E-state index contributed by atoms with van der Waals surface area (Å²) in [4.78, 5) is 12.1. The Morgan fingerprint density at radius 1 is 1.70 bits per heavy atom. The number of rotatable bonds is 0. The summed E-state index contributed by atoms with van der Waals surface area (Å²) in [5.74, 6) is 0. The molecule has 60 valence electrons. The summed E-state index contributed by atoms with van der Waals surface area (Å²) in [7, 11) is 1.37. The molecule has 0 aromatic rings. The highest BCUT2D eigenvalue weighted by molar-refractivity contribution is 5.85. The molecule has 10 heavy (non-hydrogen) atoms. The molecular weight excluding hydrogens is 156 g/mol. The minimum atomic E-state index is -0.281. The van der Waals surface area contributed by atoms with Gasteiger partial charge in [-0.3, -0.25) is 0 Å². The molecule has 1 saturated heterocycles. The number of likely N-dealkylation sites (tertiary alicyclic amines) is 1. The van der Waals surface area contributed by atoms with E-state index < -0.39 is 0 Å². The van der Waals surface area contributed by atoms with Gasteiger partial charge in [0.25, 0.3) is 0 Å². The first-order valence-corrected chi connectivity index (χ1v) is 2.82. The SMILES string of the molecule is COC(=O)N1CC(N)C1.Cl. The van der Waals surface area contributed by atoms with Crippen LogP contribution in [0.5, 0.6) is 0 Å². The van der Waals surface area contributed by atoms with Crippen LogP contribution in [0.4, 0.5) is 4.79 Å². The van der Waals surface area contributed by atoms with Crippen molar-refractivity contribution < 1.29 is 9.53 Å². The number of carbonyl (C=O) groups is 1. The molecule has 1 aliphatic rings. The van der Waals surface area contributed by atoms with Gasteiger partial charge in [0.1, 0.15) is 0 Å². The number of halogens is 1. The average molecular weight is 167 g/mol. The first kappa shape index (κ1) is 9.52. The van der Waals surface area contributed by atoms with Crippen molar-refractivity contribution in [1.82, 2.24) is 4.90 Å². The Hall–Kier alpha value is -0.480. The van der Waals surface area contributed by atoms with Crippen molar-refractivity contribution in [1.29, 1.82) is 0 Å². The van der Waals surface area contributed by atoms with Crippen LogP contribution in [0.1, 0.15) is 0 Å². The summed E-state index contributed by atoms with van der Waals surface area (Å²) in [6.07, 6.45) is -0.281. The Bertz CT molecular complexity index is 125. The minimum Gasteiger partial charge on any atom is -0.453 e. The zero-order valence-corrected chi connectivity index (χ0v) is 6.56. The Morgan fingerprint density at radius 2 is 2.20 bits per heavy atom. The molecule has 0 aromatic heterocycles. The summed E-state index contributed by atoms with van der Waals surface area (Å²) in [6, 6.07) is 0.157. The highest BCUT2D eigenvalue weighted by Gasteiger charge is 2.27. The first-order valence-electron chi connectivity index (χ1n) is 2.82. The monoisotopic (exact) mass is 166 g/mol. The maximum Gasteiger partial charge on any atom is 0.409 e. The van der Waals surface area contributed by atoms with Crippen LogP contribution in [-0.2, 0) is 4.74 Å². The lowest BCUT2D eigenvalue weighted by Crippen LogP contribution is -2.57. The lowest BCUT2D eigenvalue weighted by atomic mass is 10.1. The summed E-state index contributed by atoms with van der Waals surface area (Å²) in [5, 5.41) is 0. The van der Waals surface area contributed by atoms with Gasteiger partial charge in [-0.1, -0.05) is 0 Å². The molecule has 4 nitrogen and oxygen atoms in total. The third-order valence-electron chi connectivity index (χ3n) is 1.34. The van der Waals surface area contributed by atoms with Gasteiger partial charge in [0.2, 0.25) is 0 Å². The largest absolute Gasteiger partial charge is 0.453 e. The Labute approximate surface area is 65.7 Å². The van der Waals surface area contributed by atoms with Gasteiger partial charge in [-0.25, -0.2) is 4.79 Å². The van der Waals surface area contributed by atoms with Gasteiger partial charge >= 0.3 is 6.09 Å². The van der Waals surface area contributed by atoms with E-state index in [1.54, 1.807) is 4.90 Å². The molecule has 1 fully saturated rings. The summed E-state index contributed by atoms with van der Waals surface area (Å²) in [5.41, 5.74) is 5.41. The zero-order chi connectivity index (χ0) is 6.85. The van der Waals surface area contributed by atoms with Crippen LogP contribution < -0.4 is 5.73 Å². The van der Waals surface area contributed by atoms with E-state index in [0.29, 0.717) is 13.1 Å². The van der Waals surface area contributed by atoms with Gasteiger partial charge in [-0.2, -0.15) is 0 Å². The van der Waals surface area contributed by atoms with Gasteiger partial charge in [0.15, 0.2) is 0 Å². The predicted octanol–water partition coefficient (Wildman–Crippen LogP) is -0.182. The van der Waals surface area contributed by atoms with Crippen LogP contribution in [0.3, 0.4) is 0 Å². The van der Waals surface area contributed by atoms with Crippen LogP contribution in [0.25, 0.3) is 0 Å². The lowest BCUT2D eigenvalue weighted by Gasteiger charge is -2.35. The lowest BCUT2D eigenvalue weighted by molar-refractivity contribution is 0.0892. The van der Waals surface area contributed by atoms with Gasteiger partial charge in [0.05, 0.1) is 7.11 Å². The average Bonchev–Trinajstić information content (AvgIpc) is 1.79. The van der Waals surface area contributed by atoms with Crippen molar-refractivity contribution in [3.63, 3.8) is 0 Å². The van der Waals surface area contributed by atoms with Crippen LogP contribution >= 0.6 is 12.4 Å². The molecule has 5 heteroatoms. The molecule has 0 bridgehead atoms. The van der Waals surface area contributed by atoms with Gasteiger partial charge in [-0.15, -0.1) is 12.4 Å². The maximum absolute atomic E-state index is 10.6. The molecular formula is C5H11ClN2O2. The molecule has 0 aromatic carbocycles. The second-order valence-electron chi connectivity index (χ2n) is 2.14. The smallest absolute Gasteiger partial charge is 0.409 e. The fourth-order valence-corrected chi connectivity index (χ4v) is 0.791. The highest BCUT2D eigenvalue weighted by Crippen LogP contribution is 2.05. The Kier molecular flexibility index (Phi) is 3.46. The van der Waals surface area contributed by atoms with Crippen molar-refractivity contribution in [2.45, 2.75) is 6.04 Å². The number of methoxy groups -OCH3 is 1. The number of amides is 1. The molecule has 0 radical (unpaired) electrons. The Balaban J connectivity index is 0.000000810. The van der Waals surface area contributed by atoms with E-state index in [-0.39, 0.29) is 24.5 Å². The number of nitrogens with two attached hydrogens (primary N) is 1. The van der Waals surface area contributed by atoms with E-state index in [1.165, 1.54) is 7.11 Å². The molecule has 1 heterocycles. The number of carbonyl (C=O) groups excluding carboxylic acids is 1. The number of ether oxygens (including phenoxy) is 1. The number of nitrogens with zero attached hydrogens (tertiary/aromatic N) is 1. The third-order valence-corrected chi connectivity index (χ3v) is 1.34. The van der Waals surface area contributed by atoms with Gasteiger partial charge in [0, 0.05) is 19.1 Å². The molecule has 2 N–H and O–H groups in total. The fraction of sp³-hybridized carbons (Fsp3) is 0.800. The van der Waals surface area contributed by atoms with Crippen molar-refractivity contribution in [3.05, 3.63) is 0 Å². The molecule has 0 spiro atoms. The third kappa shape index (κ3) is 1.75. The second kappa shape index (κ2) is 3.63. The van der Waals surface area contributed by atoms with Gasteiger partial charge in [-0.05, 0) is 0 Å². The van der Waals surface area contributed by atoms with Crippen LogP contribution in [-0.4, -0.2) is 37.2 Å². The molecule has 0 unspecified atom stereocenters. The van der Waals surface area contributed by atoms with E-state index in [1.807, 2.05) is 0 Å². The van der Waals surface area contributed by atoms with Crippen molar-refractivity contribution in [3.8, 4) is 0 Å². The van der Waals surface area contributed by atoms with Crippen molar-refractivity contribution in [2.75, 3.05) is 20.2 Å². The normalized spacial score (nSPS) is 17.2. The molecule has 1 rings (SSSR count). The molecule has 1 amide bonds. The standard InChI is InChI=1S/C5H10N2O2.ClH/c1-9-5(8)7-2-4(6)3-7;/h4H,2-3,6H2,1H3;1H. The van der Waals surface area contributed by atoms with E-state index in [9.17, 15) is 4.79 Å². The van der Waals surface area contributed by atoms with Crippen LogP contribution in [0.2, 0.25) is 0 Å². The number of hydrogen-bond donors (Lipinski definition) is 1. The van der Waals surface area contributed by atoms with E-state index in [4.69, 9.17) is 5.73 Å². The van der Waals surface area contributed by atoms with Crippen LogP contribution in [0, 0.1) is 0 Å².